The highest BCUT2D eigenvalue weighted by Gasteiger charge is 2.23. The van der Waals surface area contributed by atoms with Gasteiger partial charge in [0.05, 0.1) is 6.07 Å². The van der Waals surface area contributed by atoms with Crippen LogP contribution in [0.1, 0.15) is 44.9 Å². The fourth-order valence-electron chi connectivity index (χ4n) is 2.54. The smallest absolute Gasteiger partial charge is 0.0621 e. The van der Waals surface area contributed by atoms with Gasteiger partial charge in [-0.15, -0.1) is 0 Å². The maximum Gasteiger partial charge on any atom is 0.0621 e. The summed E-state index contributed by atoms with van der Waals surface area (Å²) >= 11 is 0. The number of nitrogens with zero attached hydrogens (tertiary/aromatic N) is 1. The number of aliphatic hydroxyl groups is 1. The molecule has 0 aromatic heterocycles. The van der Waals surface area contributed by atoms with Gasteiger partial charge in [-0.05, 0) is 50.6 Å². The summed E-state index contributed by atoms with van der Waals surface area (Å²) in [5, 5.41) is 21.1. The van der Waals surface area contributed by atoms with E-state index in [4.69, 9.17) is 5.26 Å². The summed E-state index contributed by atoms with van der Waals surface area (Å²) in [6, 6.07) is 2.16. The Balaban J connectivity index is 2.04. The van der Waals surface area contributed by atoms with Crippen LogP contribution < -0.4 is 5.32 Å². The van der Waals surface area contributed by atoms with E-state index in [1.54, 1.807) is 0 Å². The van der Waals surface area contributed by atoms with Gasteiger partial charge in [-0.25, -0.2) is 0 Å². The Labute approximate surface area is 98.8 Å². The van der Waals surface area contributed by atoms with Gasteiger partial charge in [-0.2, -0.15) is 5.26 Å². The molecule has 3 nitrogen and oxygen atoms in total. The average molecular weight is 224 g/mol. The second-order valence-electron chi connectivity index (χ2n) is 4.81. The summed E-state index contributed by atoms with van der Waals surface area (Å²) in [4.78, 5) is 0. The zero-order valence-corrected chi connectivity index (χ0v) is 10.1. The van der Waals surface area contributed by atoms with E-state index in [9.17, 15) is 5.11 Å². The van der Waals surface area contributed by atoms with Crippen LogP contribution in [0.2, 0.25) is 0 Å². The minimum Gasteiger partial charge on any atom is -0.396 e. The highest BCUT2D eigenvalue weighted by atomic mass is 16.3. The predicted octanol–water partition coefficient (Wildman–Crippen LogP) is 2.07. The first-order valence-electron chi connectivity index (χ1n) is 6.57. The predicted molar refractivity (Wildman–Crippen MR) is 64.9 cm³/mol. The topological polar surface area (TPSA) is 56.0 Å². The van der Waals surface area contributed by atoms with Crippen LogP contribution in [0.4, 0.5) is 0 Å². The Morgan fingerprint density at radius 3 is 2.62 bits per heavy atom. The molecule has 2 N–H and O–H groups in total. The molecule has 0 amide bonds. The molecule has 0 spiro atoms. The summed E-state index contributed by atoms with van der Waals surface area (Å²) in [6.07, 6.45) is 7.81. The van der Waals surface area contributed by atoms with Gasteiger partial charge in [0.1, 0.15) is 0 Å². The van der Waals surface area contributed by atoms with Gasteiger partial charge in [-0.1, -0.05) is 12.8 Å². The van der Waals surface area contributed by atoms with Crippen LogP contribution in [0.5, 0.6) is 0 Å². The third-order valence-corrected chi connectivity index (χ3v) is 3.60. The van der Waals surface area contributed by atoms with Gasteiger partial charge in [0, 0.05) is 13.0 Å². The number of hydrogen-bond donors (Lipinski definition) is 2. The molecule has 0 bridgehead atoms. The normalized spacial score (nSPS) is 25.2. The zero-order chi connectivity index (χ0) is 11.6. The molecule has 0 heterocycles. The summed E-state index contributed by atoms with van der Waals surface area (Å²) in [6.45, 7) is 2.40. The Bertz CT molecular complexity index is 212. The van der Waals surface area contributed by atoms with Crippen LogP contribution in [-0.4, -0.2) is 24.8 Å². The highest BCUT2D eigenvalue weighted by molar-refractivity contribution is 4.76. The quantitative estimate of drug-likeness (QED) is 0.651. The fraction of sp³-hybridized carbons (Fsp3) is 0.923. The lowest BCUT2D eigenvalue weighted by molar-refractivity contribution is 0.133. The molecule has 0 saturated heterocycles. The van der Waals surface area contributed by atoms with Crippen molar-refractivity contribution in [2.75, 3.05) is 19.7 Å². The van der Waals surface area contributed by atoms with E-state index in [2.05, 4.69) is 11.4 Å². The molecule has 0 aliphatic heterocycles. The molecule has 92 valence electrons. The molecule has 16 heavy (non-hydrogen) atoms. The Morgan fingerprint density at radius 1 is 1.19 bits per heavy atom. The van der Waals surface area contributed by atoms with Gasteiger partial charge >= 0.3 is 0 Å². The van der Waals surface area contributed by atoms with Crippen molar-refractivity contribution in [3.05, 3.63) is 0 Å². The molecule has 1 rings (SSSR count). The van der Waals surface area contributed by atoms with E-state index in [1.807, 2.05) is 0 Å². The lowest BCUT2D eigenvalue weighted by Gasteiger charge is -2.30. The minimum atomic E-state index is 0.348. The monoisotopic (exact) mass is 224 g/mol. The van der Waals surface area contributed by atoms with Crippen LogP contribution >= 0.6 is 0 Å². The standard InChI is InChI=1S/C13H24N2O/c14-8-4-1-5-9-15-10-12-6-2-3-7-13(12)11-16/h12-13,15-16H,1-7,9-11H2. The first kappa shape index (κ1) is 13.5. The lowest BCUT2D eigenvalue weighted by atomic mass is 9.79. The van der Waals surface area contributed by atoms with Crippen molar-refractivity contribution in [1.82, 2.24) is 5.32 Å². The van der Waals surface area contributed by atoms with E-state index in [0.717, 1.165) is 25.9 Å². The average Bonchev–Trinajstić information content (AvgIpc) is 2.34. The second-order valence-corrected chi connectivity index (χ2v) is 4.81. The number of unbranched alkanes of at least 4 members (excludes halogenated alkanes) is 2. The molecule has 0 radical (unpaired) electrons. The number of rotatable bonds is 7. The molecule has 1 aliphatic carbocycles. The third-order valence-electron chi connectivity index (χ3n) is 3.60. The lowest BCUT2D eigenvalue weighted by Crippen LogP contribution is -2.32. The Hall–Kier alpha value is -0.590. The molecule has 1 aliphatic rings. The maximum atomic E-state index is 9.27. The zero-order valence-electron chi connectivity index (χ0n) is 10.1. The van der Waals surface area contributed by atoms with Crippen molar-refractivity contribution >= 4 is 0 Å². The van der Waals surface area contributed by atoms with E-state index in [1.165, 1.54) is 25.7 Å². The minimum absolute atomic E-state index is 0.348. The first-order valence-corrected chi connectivity index (χ1v) is 6.57. The van der Waals surface area contributed by atoms with Crippen LogP contribution in [0, 0.1) is 23.2 Å². The van der Waals surface area contributed by atoms with Gasteiger partial charge in [-0.3, -0.25) is 0 Å². The van der Waals surface area contributed by atoms with Gasteiger partial charge < -0.3 is 10.4 Å². The largest absolute Gasteiger partial charge is 0.396 e. The Morgan fingerprint density at radius 2 is 1.94 bits per heavy atom. The van der Waals surface area contributed by atoms with Crippen molar-refractivity contribution in [3.8, 4) is 6.07 Å². The van der Waals surface area contributed by atoms with E-state index in [0.29, 0.717) is 24.9 Å². The SMILES string of the molecule is N#CCCCCNCC1CCCCC1CO. The number of nitriles is 1. The number of aliphatic hydroxyl groups excluding tert-OH is 1. The Kier molecular flexibility index (Phi) is 7.20. The van der Waals surface area contributed by atoms with Crippen LogP contribution in [0.3, 0.4) is 0 Å². The molecular weight excluding hydrogens is 200 g/mol. The fourth-order valence-corrected chi connectivity index (χ4v) is 2.54. The van der Waals surface area contributed by atoms with Crippen molar-refractivity contribution in [2.24, 2.45) is 11.8 Å². The van der Waals surface area contributed by atoms with E-state index >= 15 is 0 Å². The number of hydrogen-bond acceptors (Lipinski definition) is 3. The van der Waals surface area contributed by atoms with Crippen molar-refractivity contribution in [1.29, 1.82) is 5.26 Å². The second kappa shape index (κ2) is 8.55. The van der Waals surface area contributed by atoms with Crippen molar-refractivity contribution in [3.63, 3.8) is 0 Å². The van der Waals surface area contributed by atoms with Crippen LogP contribution in [0.15, 0.2) is 0 Å². The van der Waals surface area contributed by atoms with Crippen molar-refractivity contribution < 1.29 is 5.11 Å². The number of nitrogens with one attached hydrogen (secondary N) is 1. The molecule has 2 atom stereocenters. The van der Waals surface area contributed by atoms with Gasteiger partial charge in [0.2, 0.25) is 0 Å². The first-order chi connectivity index (χ1) is 7.88. The van der Waals surface area contributed by atoms with Crippen LogP contribution in [0.25, 0.3) is 0 Å². The summed E-state index contributed by atoms with van der Waals surface area (Å²) in [7, 11) is 0. The molecule has 1 saturated carbocycles. The summed E-state index contributed by atoms with van der Waals surface area (Å²) < 4.78 is 0. The summed E-state index contributed by atoms with van der Waals surface area (Å²) in [5.41, 5.74) is 0. The van der Waals surface area contributed by atoms with E-state index in [-0.39, 0.29) is 0 Å². The third kappa shape index (κ3) is 4.96. The maximum absolute atomic E-state index is 9.27. The summed E-state index contributed by atoms with van der Waals surface area (Å²) in [5.74, 6) is 1.18. The van der Waals surface area contributed by atoms with E-state index < -0.39 is 0 Å². The molecular formula is C13H24N2O. The van der Waals surface area contributed by atoms with Crippen LogP contribution in [-0.2, 0) is 0 Å². The molecule has 1 fully saturated rings. The highest BCUT2D eigenvalue weighted by Crippen LogP contribution is 2.28. The molecule has 0 aromatic carbocycles. The van der Waals surface area contributed by atoms with Gasteiger partial charge in [0.15, 0.2) is 0 Å². The van der Waals surface area contributed by atoms with Crippen molar-refractivity contribution in [2.45, 2.75) is 44.9 Å². The molecule has 2 unspecified atom stereocenters. The molecule has 0 aromatic rings. The van der Waals surface area contributed by atoms with Gasteiger partial charge in [0.25, 0.3) is 0 Å². The molecule has 3 heteroatoms.